The molecule has 1 aromatic rings. The normalized spacial score (nSPS) is 17.0. The molecular weight excluding hydrogens is 490 g/mol. The molecule has 160 valence electrons. The Morgan fingerprint density at radius 2 is 1.96 bits per heavy atom. The maximum absolute atomic E-state index is 12.9. The zero-order valence-electron chi connectivity index (χ0n) is 16.0. The van der Waals surface area contributed by atoms with E-state index in [2.05, 4.69) is 15.6 Å². The first kappa shape index (κ1) is 24.5. The summed E-state index contributed by atoms with van der Waals surface area (Å²) in [5.74, 6) is 0.569. The molecule has 1 amide bonds. The minimum Gasteiger partial charge on any atom is -0.459 e. The quantitative estimate of drug-likeness (QED) is 0.262. The van der Waals surface area contributed by atoms with Gasteiger partial charge in [-0.2, -0.15) is 13.2 Å². The third-order valence-electron chi connectivity index (χ3n) is 4.37. The first-order valence-electron chi connectivity index (χ1n) is 8.98. The molecule has 0 spiro atoms. The van der Waals surface area contributed by atoms with E-state index in [1.165, 1.54) is 18.1 Å². The lowest BCUT2D eigenvalue weighted by Crippen LogP contribution is -2.56. The molecule has 7 nitrogen and oxygen atoms in total. The number of halogens is 4. The van der Waals surface area contributed by atoms with E-state index >= 15 is 0 Å². The molecule has 11 heteroatoms. The predicted octanol–water partition coefficient (Wildman–Crippen LogP) is 2.16. The van der Waals surface area contributed by atoms with Crippen molar-refractivity contribution < 1.29 is 22.4 Å². The lowest BCUT2D eigenvalue weighted by Gasteiger charge is -2.39. The van der Waals surface area contributed by atoms with Gasteiger partial charge in [0.1, 0.15) is 6.04 Å². The van der Waals surface area contributed by atoms with Gasteiger partial charge < -0.3 is 20.0 Å². The summed E-state index contributed by atoms with van der Waals surface area (Å²) in [6.07, 6.45) is -2.79. The molecule has 28 heavy (non-hydrogen) atoms. The van der Waals surface area contributed by atoms with Gasteiger partial charge in [-0.15, -0.1) is 24.0 Å². The van der Waals surface area contributed by atoms with Crippen LogP contribution in [0.3, 0.4) is 0 Å². The molecule has 2 rings (SSSR count). The van der Waals surface area contributed by atoms with Crippen LogP contribution in [0, 0.1) is 0 Å². The summed E-state index contributed by atoms with van der Waals surface area (Å²) in [5, 5.41) is 5.85. The Hall–Kier alpha value is -1.50. The Balaban J connectivity index is 0.00000392. The number of alkyl halides is 3. The van der Waals surface area contributed by atoms with E-state index < -0.39 is 12.2 Å². The second-order valence-corrected chi connectivity index (χ2v) is 6.21. The van der Waals surface area contributed by atoms with E-state index in [0.29, 0.717) is 51.8 Å². The Labute approximate surface area is 179 Å². The number of amides is 1. The maximum Gasteiger partial charge on any atom is 0.403 e. The zero-order chi connectivity index (χ0) is 19.9. The lowest BCUT2D eigenvalue weighted by molar-refractivity contribution is -0.181. The van der Waals surface area contributed by atoms with Crippen molar-refractivity contribution in [3.63, 3.8) is 0 Å². The fraction of sp³-hybridized carbons (Fsp3) is 0.647. The molecule has 0 saturated carbocycles. The molecule has 2 heterocycles. The highest BCUT2D eigenvalue weighted by Gasteiger charge is 2.41. The van der Waals surface area contributed by atoms with Gasteiger partial charge in [-0.1, -0.05) is 0 Å². The van der Waals surface area contributed by atoms with Gasteiger partial charge in [0.2, 0.25) is 0 Å². The summed E-state index contributed by atoms with van der Waals surface area (Å²) in [6, 6.07) is 1.76. The van der Waals surface area contributed by atoms with E-state index in [1.54, 1.807) is 12.1 Å². The number of carbonyl (C=O) groups is 1. The molecule has 0 aromatic carbocycles. The van der Waals surface area contributed by atoms with Crippen LogP contribution >= 0.6 is 24.0 Å². The Kier molecular flexibility index (Phi) is 10.1. The van der Waals surface area contributed by atoms with Crippen molar-refractivity contribution in [1.29, 1.82) is 0 Å². The summed E-state index contributed by atoms with van der Waals surface area (Å²) in [5.41, 5.74) is 0. The number of hydrogen-bond acceptors (Lipinski definition) is 4. The number of rotatable bonds is 6. The molecule has 1 fully saturated rings. The van der Waals surface area contributed by atoms with Crippen LogP contribution in [0.25, 0.3) is 0 Å². The standard InChI is InChI=1S/C17H26F3N5O2.HI/c1-3-21-16(23-7-6-22-15(26)14-5-4-12-27-14)25-10-8-24(9-11-25)13(2)17(18,19)20;/h4-5,12-13H,3,6-11H2,1-2H3,(H,21,23)(H,22,26);1H. The maximum atomic E-state index is 12.9. The largest absolute Gasteiger partial charge is 0.459 e. The van der Waals surface area contributed by atoms with Crippen molar-refractivity contribution >= 4 is 35.8 Å². The number of furan rings is 1. The minimum absolute atomic E-state index is 0. The van der Waals surface area contributed by atoms with E-state index in [1.807, 2.05) is 11.8 Å². The number of nitrogens with zero attached hydrogens (tertiary/aromatic N) is 3. The Bertz CT molecular complexity index is 617. The van der Waals surface area contributed by atoms with Crippen molar-refractivity contribution in [2.45, 2.75) is 26.1 Å². The zero-order valence-corrected chi connectivity index (χ0v) is 18.3. The van der Waals surface area contributed by atoms with Crippen molar-refractivity contribution in [2.24, 2.45) is 4.99 Å². The van der Waals surface area contributed by atoms with E-state index in [4.69, 9.17) is 4.42 Å². The molecular formula is C17H27F3IN5O2. The van der Waals surface area contributed by atoms with Gasteiger partial charge in [0.25, 0.3) is 5.91 Å². The van der Waals surface area contributed by atoms with Crippen LogP contribution in [0.4, 0.5) is 13.2 Å². The van der Waals surface area contributed by atoms with Gasteiger partial charge in [0.05, 0.1) is 12.8 Å². The van der Waals surface area contributed by atoms with Crippen LogP contribution in [0.2, 0.25) is 0 Å². The fourth-order valence-corrected chi connectivity index (χ4v) is 2.78. The molecule has 1 saturated heterocycles. The molecule has 0 radical (unpaired) electrons. The van der Waals surface area contributed by atoms with Gasteiger partial charge in [0, 0.05) is 39.3 Å². The highest BCUT2D eigenvalue weighted by molar-refractivity contribution is 14.0. The number of aliphatic imine (C=N–C) groups is 1. The predicted molar refractivity (Wildman–Crippen MR) is 111 cm³/mol. The third kappa shape index (κ3) is 7.15. The molecule has 0 aliphatic carbocycles. The number of nitrogens with one attached hydrogen (secondary N) is 2. The first-order chi connectivity index (χ1) is 12.8. The van der Waals surface area contributed by atoms with Crippen LogP contribution in [-0.4, -0.2) is 79.7 Å². The van der Waals surface area contributed by atoms with Crippen LogP contribution in [0.1, 0.15) is 24.4 Å². The lowest BCUT2D eigenvalue weighted by atomic mass is 10.2. The average molecular weight is 517 g/mol. The van der Waals surface area contributed by atoms with Crippen LogP contribution < -0.4 is 10.6 Å². The summed E-state index contributed by atoms with van der Waals surface area (Å²) in [6.45, 7) is 6.02. The minimum atomic E-state index is -4.22. The molecule has 2 N–H and O–H groups in total. The van der Waals surface area contributed by atoms with E-state index in [0.717, 1.165) is 0 Å². The number of hydrogen-bond donors (Lipinski definition) is 2. The number of carbonyl (C=O) groups excluding carboxylic acids is 1. The average Bonchev–Trinajstić information content (AvgIpc) is 3.18. The summed E-state index contributed by atoms with van der Waals surface area (Å²) >= 11 is 0. The van der Waals surface area contributed by atoms with Gasteiger partial charge in [-0.25, -0.2) is 0 Å². The van der Waals surface area contributed by atoms with Gasteiger partial charge in [0.15, 0.2) is 11.7 Å². The van der Waals surface area contributed by atoms with Crippen LogP contribution in [0.15, 0.2) is 27.8 Å². The summed E-state index contributed by atoms with van der Waals surface area (Å²) < 4.78 is 43.6. The molecule has 0 bridgehead atoms. The van der Waals surface area contributed by atoms with Crippen molar-refractivity contribution in [3.8, 4) is 0 Å². The third-order valence-corrected chi connectivity index (χ3v) is 4.37. The van der Waals surface area contributed by atoms with Gasteiger partial charge >= 0.3 is 6.18 Å². The van der Waals surface area contributed by atoms with E-state index in [-0.39, 0.29) is 35.6 Å². The fourth-order valence-electron chi connectivity index (χ4n) is 2.78. The van der Waals surface area contributed by atoms with Gasteiger partial charge in [-0.05, 0) is 26.0 Å². The van der Waals surface area contributed by atoms with Crippen LogP contribution in [-0.2, 0) is 0 Å². The molecule has 1 atom stereocenters. The van der Waals surface area contributed by atoms with E-state index in [9.17, 15) is 18.0 Å². The molecule has 1 aromatic heterocycles. The topological polar surface area (TPSA) is 73.1 Å². The summed E-state index contributed by atoms with van der Waals surface area (Å²) in [7, 11) is 0. The Morgan fingerprint density at radius 3 is 2.50 bits per heavy atom. The SMILES string of the molecule is CCNC(=NCCNC(=O)c1ccco1)N1CCN(C(C)C(F)(F)F)CC1.I. The van der Waals surface area contributed by atoms with Crippen molar-refractivity contribution in [3.05, 3.63) is 24.2 Å². The molecule has 1 aliphatic heterocycles. The number of piperazine rings is 1. The second-order valence-electron chi connectivity index (χ2n) is 6.21. The van der Waals surface area contributed by atoms with Gasteiger partial charge in [-0.3, -0.25) is 14.7 Å². The van der Waals surface area contributed by atoms with Crippen molar-refractivity contribution in [2.75, 3.05) is 45.8 Å². The monoisotopic (exact) mass is 517 g/mol. The van der Waals surface area contributed by atoms with Crippen LogP contribution in [0.5, 0.6) is 0 Å². The summed E-state index contributed by atoms with van der Waals surface area (Å²) in [4.78, 5) is 19.6. The number of guanidine groups is 1. The Morgan fingerprint density at radius 1 is 1.29 bits per heavy atom. The highest BCUT2D eigenvalue weighted by Crippen LogP contribution is 2.25. The molecule has 1 unspecified atom stereocenters. The molecule has 1 aliphatic rings. The smallest absolute Gasteiger partial charge is 0.403 e. The van der Waals surface area contributed by atoms with Crippen molar-refractivity contribution in [1.82, 2.24) is 20.4 Å². The highest BCUT2D eigenvalue weighted by atomic mass is 127. The first-order valence-corrected chi connectivity index (χ1v) is 8.98. The second kappa shape index (κ2) is 11.5.